The Morgan fingerprint density at radius 3 is 2.62 bits per heavy atom. The predicted molar refractivity (Wildman–Crippen MR) is 84.3 cm³/mol. The molecule has 2 nitrogen and oxygen atoms in total. The van der Waals surface area contributed by atoms with Crippen molar-refractivity contribution in [1.29, 1.82) is 0 Å². The minimum absolute atomic E-state index is 0.243. The third-order valence-electron chi connectivity index (χ3n) is 3.30. The number of rotatable bonds is 6. The van der Waals surface area contributed by atoms with Gasteiger partial charge in [0.25, 0.3) is 0 Å². The predicted octanol–water partition coefficient (Wildman–Crippen LogP) is 4.68. The molecule has 0 unspecified atom stereocenters. The number of nitrogens with one attached hydrogen (secondary N) is 1. The number of hydrogen-bond acceptors (Lipinski definition) is 2. The topological polar surface area (TPSA) is 21.3 Å². The summed E-state index contributed by atoms with van der Waals surface area (Å²) in [6, 6.07) is 13.1. The van der Waals surface area contributed by atoms with Gasteiger partial charge >= 0.3 is 0 Å². The lowest BCUT2D eigenvalue weighted by Gasteiger charge is -2.14. The highest BCUT2D eigenvalue weighted by Gasteiger charge is 2.11. The molecule has 21 heavy (non-hydrogen) atoms. The average molecular weight is 287 g/mol. The first-order chi connectivity index (χ1) is 10.1. The van der Waals surface area contributed by atoms with E-state index in [4.69, 9.17) is 4.74 Å². The Labute approximate surface area is 126 Å². The second kappa shape index (κ2) is 7.23. The van der Waals surface area contributed by atoms with Gasteiger partial charge in [0.1, 0.15) is 17.3 Å². The maximum absolute atomic E-state index is 14.0. The van der Waals surface area contributed by atoms with E-state index in [0.717, 1.165) is 12.2 Å². The Bertz CT molecular complexity index is 596. The molecule has 0 aromatic heterocycles. The molecule has 2 aromatic rings. The molecule has 3 heteroatoms. The van der Waals surface area contributed by atoms with Gasteiger partial charge in [-0.05, 0) is 36.2 Å². The van der Waals surface area contributed by atoms with E-state index in [1.54, 1.807) is 12.1 Å². The van der Waals surface area contributed by atoms with Crippen LogP contribution in [-0.4, -0.2) is 6.04 Å². The van der Waals surface area contributed by atoms with Crippen molar-refractivity contribution in [2.24, 2.45) is 0 Å². The van der Waals surface area contributed by atoms with Crippen LogP contribution in [0.4, 0.5) is 4.39 Å². The summed E-state index contributed by atoms with van der Waals surface area (Å²) in [4.78, 5) is 0. The fourth-order valence-electron chi connectivity index (χ4n) is 2.07. The second-order valence-corrected chi connectivity index (χ2v) is 5.36. The number of benzene rings is 2. The molecule has 112 valence electrons. The average Bonchev–Trinajstić information content (AvgIpc) is 2.46. The first kappa shape index (κ1) is 15.5. The summed E-state index contributed by atoms with van der Waals surface area (Å²) < 4.78 is 19.9. The van der Waals surface area contributed by atoms with Crippen molar-refractivity contribution in [3.8, 4) is 11.5 Å². The summed E-state index contributed by atoms with van der Waals surface area (Å²) in [5.41, 5.74) is 1.76. The summed E-state index contributed by atoms with van der Waals surface area (Å²) in [5, 5.41) is 3.23. The van der Waals surface area contributed by atoms with Crippen molar-refractivity contribution in [2.45, 2.75) is 39.8 Å². The van der Waals surface area contributed by atoms with Crippen LogP contribution in [0.5, 0.6) is 11.5 Å². The highest BCUT2D eigenvalue weighted by atomic mass is 19.1. The summed E-state index contributed by atoms with van der Waals surface area (Å²) in [5.74, 6) is 1.06. The van der Waals surface area contributed by atoms with Crippen LogP contribution in [0.15, 0.2) is 42.5 Å². The van der Waals surface area contributed by atoms with Gasteiger partial charge in [0.2, 0.25) is 0 Å². The van der Waals surface area contributed by atoms with Crippen LogP contribution in [0, 0.1) is 5.82 Å². The number of aryl methyl sites for hydroxylation is 1. The van der Waals surface area contributed by atoms with Crippen LogP contribution in [0.25, 0.3) is 0 Å². The van der Waals surface area contributed by atoms with E-state index >= 15 is 0 Å². The van der Waals surface area contributed by atoms with Gasteiger partial charge in [-0.2, -0.15) is 0 Å². The van der Waals surface area contributed by atoms with E-state index in [1.807, 2.05) is 32.0 Å². The number of hydrogen-bond donors (Lipinski definition) is 1. The van der Waals surface area contributed by atoms with Crippen molar-refractivity contribution >= 4 is 0 Å². The van der Waals surface area contributed by atoms with Crippen LogP contribution in [0.3, 0.4) is 0 Å². The Morgan fingerprint density at radius 1 is 1.14 bits per heavy atom. The van der Waals surface area contributed by atoms with Crippen molar-refractivity contribution in [2.75, 3.05) is 0 Å². The molecule has 0 atom stereocenters. The molecule has 0 heterocycles. The smallest absolute Gasteiger partial charge is 0.134 e. The molecule has 0 aliphatic heterocycles. The molecular weight excluding hydrogens is 265 g/mol. The SMILES string of the molecule is CCc1cccc(Oc2cccc(F)c2CNC(C)C)c1. The summed E-state index contributed by atoms with van der Waals surface area (Å²) in [7, 11) is 0. The van der Waals surface area contributed by atoms with E-state index in [2.05, 4.69) is 18.3 Å². The molecule has 0 fully saturated rings. The lowest BCUT2D eigenvalue weighted by molar-refractivity contribution is 0.457. The van der Waals surface area contributed by atoms with Crippen LogP contribution in [-0.2, 0) is 13.0 Å². The normalized spacial score (nSPS) is 10.9. The van der Waals surface area contributed by atoms with Crippen molar-refractivity contribution in [3.63, 3.8) is 0 Å². The molecule has 2 rings (SSSR count). The van der Waals surface area contributed by atoms with Gasteiger partial charge in [-0.15, -0.1) is 0 Å². The molecule has 0 spiro atoms. The monoisotopic (exact) mass is 287 g/mol. The molecule has 0 amide bonds. The zero-order valence-corrected chi connectivity index (χ0v) is 12.8. The largest absolute Gasteiger partial charge is 0.457 e. The Morgan fingerprint density at radius 2 is 1.90 bits per heavy atom. The minimum atomic E-state index is -0.243. The molecule has 0 saturated heterocycles. The van der Waals surface area contributed by atoms with E-state index in [-0.39, 0.29) is 5.82 Å². The Balaban J connectivity index is 2.24. The Hall–Kier alpha value is -1.87. The molecule has 0 aliphatic carbocycles. The van der Waals surface area contributed by atoms with E-state index < -0.39 is 0 Å². The van der Waals surface area contributed by atoms with Crippen LogP contribution < -0.4 is 10.1 Å². The molecule has 0 radical (unpaired) electrons. The summed E-state index contributed by atoms with van der Waals surface area (Å²) >= 11 is 0. The zero-order valence-electron chi connectivity index (χ0n) is 12.8. The molecule has 0 bridgehead atoms. The fraction of sp³-hybridized carbons (Fsp3) is 0.333. The van der Waals surface area contributed by atoms with E-state index in [9.17, 15) is 4.39 Å². The lowest BCUT2D eigenvalue weighted by Crippen LogP contribution is -2.22. The van der Waals surface area contributed by atoms with E-state index in [1.165, 1.54) is 11.6 Å². The summed E-state index contributed by atoms with van der Waals surface area (Å²) in [6.07, 6.45) is 0.947. The lowest BCUT2D eigenvalue weighted by atomic mass is 10.1. The van der Waals surface area contributed by atoms with Crippen molar-refractivity contribution in [3.05, 3.63) is 59.4 Å². The van der Waals surface area contributed by atoms with Crippen molar-refractivity contribution < 1.29 is 9.13 Å². The third-order valence-corrected chi connectivity index (χ3v) is 3.30. The van der Waals surface area contributed by atoms with Gasteiger partial charge in [0.05, 0.1) is 0 Å². The highest BCUT2D eigenvalue weighted by molar-refractivity contribution is 5.39. The zero-order chi connectivity index (χ0) is 15.2. The maximum atomic E-state index is 14.0. The number of ether oxygens (including phenoxy) is 1. The minimum Gasteiger partial charge on any atom is -0.457 e. The van der Waals surface area contributed by atoms with Gasteiger partial charge in [-0.25, -0.2) is 4.39 Å². The third kappa shape index (κ3) is 4.30. The fourth-order valence-corrected chi connectivity index (χ4v) is 2.07. The molecule has 0 saturated carbocycles. The standard InChI is InChI=1S/C18H22FNO/c1-4-14-7-5-8-15(11-14)21-18-10-6-9-17(19)16(18)12-20-13(2)3/h5-11,13,20H,4,12H2,1-3H3. The van der Waals surface area contributed by atoms with Gasteiger partial charge in [0.15, 0.2) is 0 Å². The second-order valence-electron chi connectivity index (χ2n) is 5.36. The molecular formula is C18H22FNO. The van der Waals surface area contributed by atoms with Gasteiger partial charge < -0.3 is 10.1 Å². The first-order valence-electron chi connectivity index (χ1n) is 7.37. The molecule has 2 aromatic carbocycles. The highest BCUT2D eigenvalue weighted by Crippen LogP contribution is 2.28. The van der Waals surface area contributed by atoms with Crippen LogP contribution in [0.1, 0.15) is 31.9 Å². The molecule has 1 N–H and O–H groups in total. The van der Waals surface area contributed by atoms with E-state index in [0.29, 0.717) is 23.9 Å². The maximum Gasteiger partial charge on any atom is 0.134 e. The van der Waals surface area contributed by atoms with Gasteiger partial charge in [-0.1, -0.05) is 39.0 Å². The Kier molecular flexibility index (Phi) is 5.34. The quantitative estimate of drug-likeness (QED) is 0.833. The summed E-state index contributed by atoms with van der Waals surface area (Å²) in [6.45, 7) is 6.62. The van der Waals surface area contributed by atoms with Gasteiger partial charge in [-0.3, -0.25) is 0 Å². The van der Waals surface area contributed by atoms with Crippen molar-refractivity contribution in [1.82, 2.24) is 5.32 Å². The molecule has 0 aliphatic rings. The van der Waals surface area contributed by atoms with Crippen LogP contribution >= 0.6 is 0 Å². The number of halogens is 1. The van der Waals surface area contributed by atoms with Gasteiger partial charge in [0, 0.05) is 18.2 Å². The van der Waals surface area contributed by atoms with Crippen LogP contribution in [0.2, 0.25) is 0 Å². The first-order valence-corrected chi connectivity index (χ1v) is 7.37.